The summed E-state index contributed by atoms with van der Waals surface area (Å²) in [7, 11) is 0. The molecule has 0 saturated heterocycles. The Labute approximate surface area is 253 Å². The Balaban J connectivity index is 0.000000390. The molecule has 0 atom stereocenters. The average Bonchev–Trinajstić information content (AvgIpc) is 3.40. The molecular weight excluding hydrogens is 536 g/mol. The topological polar surface area (TPSA) is 162 Å². The highest BCUT2D eigenvalue weighted by Gasteiger charge is 2.12. The maximum absolute atomic E-state index is 9.84. The molecular formula is C34H40N8O. The number of hydrogen-bond acceptors (Lipinski definition) is 6. The molecule has 9 nitrogen and oxygen atoms in total. The van der Waals surface area contributed by atoms with Crippen molar-refractivity contribution in [3.8, 4) is 22.3 Å². The Morgan fingerprint density at radius 2 is 1.60 bits per heavy atom. The normalized spacial score (nSPS) is 10.0. The SMILES string of the molecule is CCCCc1ncc(C)n1Cc1ccc(-c2cc(-c3ccccc3)ccc2C(=N)N)cc1.NN.O=CNc1ccncc1. The van der Waals surface area contributed by atoms with E-state index >= 15 is 0 Å². The summed E-state index contributed by atoms with van der Waals surface area (Å²) in [5.74, 6) is 9.24. The quantitative estimate of drug-likeness (QED) is 0.0473. The summed E-state index contributed by atoms with van der Waals surface area (Å²) >= 11 is 0. The van der Waals surface area contributed by atoms with Crippen LogP contribution < -0.4 is 22.7 Å². The molecule has 0 aliphatic heterocycles. The lowest BCUT2D eigenvalue weighted by Crippen LogP contribution is -2.12. The van der Waals surface area contributed by atoms with Crippen molar-refractivity contribution >= 4 is 17.9 Å². The maximum Gasteiger partial charge on any atom is 0.211 e. The number of rotatable bonds is 10. The molecule has 8 N–H and O–H groups in total. The fourth-order valence-corrected chi connectivity index (χ4v) is 4.58. The number of nitrogens with one attached hydrogen (secondary N) is 2. The number of unbranched alkanes of at least 4 members (excludes halogenated alkanes) is 1. The summed E-state index contributed by atoms with van der Waals surface area (Å²) in [6.45, 7) is 5.14. The zero-order valence-corrected chi connectivity index (χ0v) is 24.7. The smallest absolute Gasteiger partial charge is 0.211 e. The van der Waals surface area contributed by atoms with E-state index in [0.29, 0.717) is 6.41 Å². The van der Waals surface area contributed by atoms with Gasteiger partial charge in [-0.1, -0.05) is 80.1 Å². The van der Waals surface area contributed by atoms with Crippen LogP contribution in [-0.2, 0) is 17.8 Å². The Bertz CT molecular complexity index is 1570. The van der Waals surface area contributed by atoms with Crippen LogP contribution in [0.4, 0.5) is 5.69 Å². The second kappa shape index (κ2) is 17.0. The van der Waals surface area contributed by atoms with Crippen molar-refractivity contribution in [1.29, 1.82) is 5.41 Å². The van der Waals surface area contributed by atoms with Crippen molar-refractivity contribution in [2.45, 2.75) is 39.7 Å². The lowest BCUT2D eigenvalue weighted by Gasteiger charge is -2.14. The van der Waals surface area contributed by atoms with E-state index in [4.69, 9.17) is 11.1 Å². The molecule has 9 heteroatoms. The number of hydrogen-bond donors (Lipinski definition) is 5. The molecule has 5 rings (SSSR count). The number of amides is 1. The van der Waals surface area contributed by atoms with Crippen LogP contribution in [0.25, 0.3) is 22.3 Å². The van der Waals surface area contributed by atoms with Crippen LogP contribution in [0.2, 0.25) is 0 Å². The first-order chi connectivity index (χ1) is 21.0. The predicted molar refractivity (Wildman–Crippen MR) is 175 cm³/mol. The fraction of sp³-hybridized carbons (Fsp3) is 0.176. The molecule has 5 aromatic rings. The number of carbonyl (C=O) groups is 1. The monoisotopic (exact) mass is 576 g/mol. The first kappa shape index (κ1) is 32.4. The van der Waals surface area contributed by atoms with Gasteiger partial charge in [0.15, 0.2) is 0 Å². The molecule has 0 fully saturated rings. The first-order valence-corrected chi connectivity index (χ1v) is 14.1. The number of pyridine rings is 1. The van der Waals surface area contributed by atoms with Crippen LogP contribution in [0, 0.1) is 12.3 Å². The standard InChI is InChI=1S/C28H30N4.C6H6N2O.H4N2/c1-3-4-10-27-31-18-20(2)32(27)19-21-11-13-23(14-12-21)26-17-24(15-16-25(26)28(29)30)22-8-6-5-7-9-22;9-5-8-6-1-3-7-4-2-6;1-2/h5-9,11-18H,3-4,10,19H2,1-2H3,(H3,29,30);1-5H,(H,7,8,9);1-2H2. The van der Waals surface area contributed by atoms with Crippen LogP contribution in [-0.4, -0.2) is 26.8 Å². The Hall–Kier alpha value is -5.12. The van der Waals surface area contributed by atoms with Crippen molar-refractivity contribution in [3.63, 3.8) is 0 Å². The number of carbonyl (C=O) groups excluding carboxylic acids is 1. The van der Waals surface area contributed by atoms with Gasteiger partial charge < -0.3 is 15.6 Å². The van der Waals surface area contributed by atoms with Gasteiger partial charge in [0.1, 0.15) is 11.7 Å². The van der Waals surface area contributed by atoms with E-state index in [1.165, 1.54) is 17.7 Å². The lowest BCUT2D eigenvalue weighted by molar-refractivity contribution is -0.105. The molecule has 0 radical (unpaired) electrons. The molecule has 43 heavy (non-hydrogen) atoms. The van der Waals surface area contributed by atoms with Gasteiger partial charge >= 0.3 is 0 Å². The summed E-state index contributed by atoms with van der Waals surface area (Å²) in [4.78, 5) is 18.2. The van der Waals surface area contributed by atoms with E-state index in [9.17, 15) is 4.79 Å². The molecule has 0 aliphatic rings. The average molecular weight is 577 g/mol. The number of aromatic nitrogens is 3. The minimum Gasteiger partial charge on any atom is -0.384 e. The fourth-order valence-electron chi connectivity index (χ4n) is 4.58. The Morgan fingerprint density at radius 1 is 0.930 bits per heavy atom. The molecule has 0 bridgehead atoms. The highest BCUT2D eigenvalue weighted by molar-refractivity contribution is 6.02. The number of imidazole rings is 1. The van der Waals surface area contributed by atoms with Crippen molar-refractivity contribution < 1.29 is 4.79 Å². The zero-order chi connectivity index (χ0) is 31.0. The van der Waals surface area contributed by atoms with Crippen LogP contribution in [0.3, 0.4) is 0 Å². The molecule has 1 amide bonds. The van der Waals surface area contributed by atoms with Gasteiger partial charge in [0.05, 0.1) is 0 Å². The van der Waals surface area contributed by atoms with E-state index < -0.39 is 0 Å². The minimum atomic E-state index is 0.0818. The van der Waals surface area contributed by atoms with Crippen molar-refractivity contribution in [2.24, 2.45) is 17.4 Å². The second-order valence-electron chi connectivity index (χ2n) is 9.74. The van der Waals surface area contributed by atoms with Crippen molar-refractivity contribution in [3.05, 3.63) is 126 Å². The van der Waals surface area contributed by atoms with Crippen LogP contribution in [0.15, 0.2) is 104 Å². The number of nitrogens with zero attached hydrogens (tertiary/aromatic N) is 3. The summed E-state index contributed by atoms with van der Waals surface area (Å²) in [5, 5.41) is 10.5. The van der Waals surface area contributed by atoms with E-state index in [2.05, 4.69) is 87.8 Å². The number of amidine groups is 1. The molecule has 222 valence electrons. The lowest BCUT2D eigenvalue weighted by atomic mass is 9.93. The van der Waals surface area contributed by atoms with Gasteiger partial charge in [0.25, 0.3) is 0 Å². The van der Waals surface area contributed by atoms with Gasteiger partial charge in [-0.2, -0.15) is 0 Å². The summed E-state index contributed by atoms with van der Waals surface area (Å²) < 4.78 is 2.31. The van der Waals surface area contributed by atoms with E-state index in [1.54, 1.807) is 24.5 Å². The third-order valence-electron chi connectivity index (χ3n) is 6.82. The predicted octanol–water partition coefficient (Wildman–Crippen LogP) is 5.67. The number of benzene rings is 3. The van der Waals surface area contributed by atoms with Gasteiger partial charge in [-0.15, -0.1) is 0 Å². The highest BCUT2D eigenvalue weighted by Crippen LogP contribution is 2.30. The van der Waals surface area contributed by atoms with Crippen LogP contribution >= 0.6 is 0 Å². The van der Waals surface area contributed by atoms with Gasteiger partial charge in [-0.05, 0) is 59.4 Å². The van der Waals surface area contributed by atoms with Crippen LogP contribution in [0.1, 0.15) is 42.4 Å². The van der Waals surface area contributed by atoms with E-state index in [-0.39, 0.29) is 5.84 Å². The minimum absolute atomic E-state index is 0.0818. The molecule has 0 spiro atoms. The number of hydrazine groups is 1. The maximum atomic E-state index is 9.84. The van der Waals surface area contributed by atoms with Gasteiger partial charge in [0.2, 0.25) is 6.41 Å². The van der Waals surface area contributed by atoms with Gasteiger partial charge in [-0.25, -0.2) is 4.98 Å². The molecule has 2 aromatic heterocycles. The third-order valence-corrected chi connectivity index (χ3v) is 6.82. The highest BCUT2D eigenvalue weighted by atomic mass is 16.1. The van der Waals surface area contributed by atoms with Gasteiger partial charge in [-0.3, -0.25) is 26.9 Å². The Morgan fingerprint density at radius 3 is 2.23 bits per heavy atom. The van der Waals surface area contributed by atoms with Crippen LogP contribution in [0.5, 0.6) is 0 Å². The summed E-state index contributed by atoms with van der Waals surface area (Å²) in [6.07, 6.45) is 9.17. The summed E-state index contributed by atoms with van der Waals surface area (Å²) in [5.41, 5.74) is 14.2. The number of aryl methyl sites for hydroxylation is 2. The molecule has 2 heterocycles. The second-order valence-corrected chi connectivity index (χ2v) is 9.74. The van der Waals surface area contributed by atoms with Crippen molar-refractivity contribution in [1.82, 2.24) is 14.5 Å². The third kappa shape index (κ3) is 9.19. The first-order valence-electron chi connectivity index (χ1n) is 14.1. The molecule has 3 aromatic carbocycles. The number of nitrogen functional groups attached to an aromatic ring is 1. The van der Waals surface area contributed by atoms with E-state index in [1.807, 2.05) is 36.5 Å². The molecule has 0 unspecified atom stereocenters. The number of anilines is 1. The van der Waals surface area contributed by atoms with Gasteiger partial charge in [0, 0.05) is 48.5 Å². The molecule has 0 saturated carbocycles. The summed E-state index contributed by atoms with van der Waals surface area (Å²) in [6, 6.07) is 28.4. The van der Waals surface area contributed by atoms with Crippen molar-refractivity contribution in [2.75, 3.05) is 5.32 Å². The largest absolute Gasteiger partial charge is 0.384 e. The molecule has 0 aliphatic carbocycles. The number of nitrogens with two attached hydrogens (primary N) is 3. The Kier molecular flexibility index (Phi) is 12.8. The zero-order valence-electron chi connectivity index (χ0n) is 24.7. The van der Waals surface area contributed by atoms with E-state index in [0.717, 1.165) is 58.7 Å².